The first-order valence-electron chi connectivity index (χ1n) is 9.77. The molecule has 1 aliphatic heterocycles. The summed E-state index contributed by atoms with van der Waals surface area (Å²) in [5, 5.41) is 5.49. The summed E-state index contributed by atoms with van der Waals surface area (Å²) in [5.74, 6) is -0.329. The highest BCUT2D eigenvalue weighted by Crippen LogP contribution is 2.35. The summed E-state index contributed by atoms with van der Waals surface area (Å²) in [7, 11) is -4.11. The normalized spacial score (nSPS) is 12.8. The Labute approximate surface area is 184 Å². The smallest absolute Gasteiger partial charge is 0.239 e. The van der Waals surface area contributed by atoms with Gasteiger partial charge in [-0.3, -0.25) is 9.78 Å². The SMILES string of the molecule is O=C(CNc1ccc(F)cc1S(=O)(=O)c1ccc2c(c1)OCCO2)NCc1cccnc1. The van der Waals surface area contributed by atoms with Crippen molar-refractivity contribution in [2.75, 3.05) is 25.1 Å². The van der Waals surface area contributed by atoms with Crippen molar-refractivity contribution in [2.24, 2.45) is 0 Å². The van der Waals surface area contributed by atoms with Crippen LogP contribution in [0.4, 0.5) is 10.1 Å². The number of fused-ring (bicyclic) bond motifs is 1. The predicted molar refractivity (Wildman–Crippen MR) is 114 cm³/mol. The zero-order chi connectivity index (χ0) is 22.6. The van der Waals surface area contributed by atoms with Gasteiger partial charge in [0.15, 0.2) is 11.5 Å². The number of nitrogens with zero attached hydrogens (tertiary/aromatic N) is 1. The minimum absolute atomic E-state index is 0.0728. The van der Waals surface area contributed by atoms with Crippen LogP contribution < -0.4 is 20.1 Å². The van der Waals surface area contributed by atoms with E-state index in [4.69, 9.17) is 9.47 Å². The van der Waals surface area contributed by atoms with Crippen molar-refractivity contribution in [3.63, 3.8) is 0 Å². The summed E-state index contributed by atoms with van der Waals surface area (Å²) in [4.78, 5) is 15.8. The number of ether oxygens (including phenoxy) is 2. The number of benzene rings is 2. The van der Waals surface area contributed by atoms with E-state index >= 15 is 0 Å². The van der Waals surface area contributed by atoms with Crippen molar-refractivity contribution >= 4 is 21.4 Å². The van der Waals surface area contributed by atoms with Gasteiger partial charge in [0.2, 0.25) is 15.7 Å². The lowest BCUT2D eigenvalue weighted by atomic mass is 10.3. The second kappa shape index (κ2) is 9.23. The summed E-state index contributed by atoms with van der Waals surface area (Å²) in [6.45, 7) is 0.757. The number of pyridine rings is 1. The van der Waals surface area contributed by atoms with Gasteiger partial charge in [-0.15, -0.1) is 0 Å². The van der Waals surface area contributed by atoms with E-state index in [2.05, 4.69) is 15.6 Å². The molecule has 0 aliphatic carbocycles. The molecule has 32 heavy (non-hydrogen) atoms. The number of nitrogens with one attached hydrogen (secondary N) is 2. The fourth-order valence-electron chi connectivity index (χ4n) is 3.12. The molecule has 1 aliphatic rings. The molecule has 8 nitrogen and oxygen atoms in total. The van der Waals surface area contributed by atoms with Gasteiger partial charge in [-0.2, -0.15) is 0 Å². The van der Waals surface area contributed by atoms with E-state index in [0.717, 1.165) is 17.7 Å². The Bertz CT molecular complexity index is 1240. The number of hydrogen-bond acceptors (Lipinski definition) is 7. The van der Waals surface area contributed by atoms with Gasteiger partial charge >= 0.3 is 0 Å². The van der Waals surface area contributed by atoms with Gasteiger partial charge in [0.1, 0.15) is 19.0 Å². The largest absolute Gasteiger partial charge is 0.486 e. The highest BCUT2D eigenvalue weighted by atomic mass is 32.2. The molecule has 0 saturated heterocycles. The van der Waals surface area contributed by atoms with E-state index in [1.54, 1.807) is 18.5 Å². The molecule has 1 amide bonds. The number of carbonyl (C=O) groups is 1. The first-order chi connectivity index (χ1) is 15.4. The molecule has 2 aromatic carbocycles. The first kappa shape index (κ1) is 21.6. The lowest BCUT2D eigenvalue weighted by molar-refractivity contribution is -0.119. The Balaban J connectivity index is 1.52. The third-order valence-corrected chi connectivity index (χ3v) is 6.50. The fraction of sp³-hybridized carbons (Fsp3) is 0.182. The van der Waals surface area contributed by atoms with Crippen LogP contribution in [0, 0.1) is 5.82 Å². The quantitative estimate of drug-likeness (QED) is 0.562. The summed E-state index contributed by atoms with van der Waals surface area (Å²) in [5.41, 5.74) is 0.933. The number of anilines is 1. The van der Waals surface area contributed by atoms with Gasteiger partial charge in [-0.1, -0.05) is 6.07 Å². The van der Waals surface area contributed by atoms with E-state index in [1.807, 2.05) is 6.07 Å². The number of amides is 1. The van der Waals surface area contributed by atoms with Crippen molar-refractivity contribution in [1.29, 1.82) is 0 Å². The number of aromatic nitrogens is 1. The van der Waals surface area contributed by atoms with Gasteiger partial charge in [0, 0.05) is 25.0 Å². The molecule has 0 saturated carbocycles. The van der Waals surface area contributed by atoms with Crippen LogP contribution >= 0.6 is 0 Å². The third kappa shape index (κ3) is 4.80. The second-order valence-corrected chi connectivity index (χ2v) is 8.86. The van der Waals surface area contributed by atoms with Crippen LogP contribution in [0.3, 0.4) is 0 Å². The highest BCUT2D eigenvalue weighted by Gasteiger charge is 2.25. The molecule has 0 fully saturated rings. The van der Waals surface area contributed by atoms with E-state index < -0.39 is 15.7 Å². The summed E-state index contributed by atoms with van der Waals surface area (Å²) in [6.07, 6.45) is 3.26. The number of sulfone groups is 1. The van der Waals surface area contributed by atoms with Crippen molar-refractivity contribution in [1.82, 2.24) is 10.3 Å². The van der Waals surface area contributed by atoms with E-state index in [9.17, 15) is 17.6 Å². The van der Waals surface area contributed by atoms with Gasteiger partial charge in [0.05, 0.1) is 22.0 Å². The van der Waals surface area contributed by atoms with Crippen LogP contribution in [0.15, 0.2) is 70.7 Å². The van der Waals surface area contributed by atoms with Gasteiger partial charge in [-0.05, 0) is 42.0 Å². The Kier molecular flexibility index (Phi) is 6.22. The van der Waals surface area contributed by atoms with Crippen molar-refractivity contribution in [3.8, 4) is 11.5 Å². The fourth-order valence-corrected chi connectivity index (χ4v) is 4.58. The number of halogens is 1. The molecule has 0 bridgehead atoms. The lowest BCUT2D eigenvalue weighted by Crippen LogP contribution is -2.29. The molecule has 2 heterocycles. The van der Waals surface area contributed by atoms with Crippen molar-refractivity contribution in [3.05, 3.63) is 72.3 Å². The van der Waals surface area contributed by atoms with E-state index in [1.165, 1.54) is 24.3 Å². The first-order valence-corrected chi connectivity index (χ1v) is 11.3. The lowest BCUT2D eigenvalue weighted by Gasteiger charge is -2.19. The minimum Gasteiger partial charge on any atom is -0.486 e. The van der Waals surface area contributed by atoms with Crippen LogP contribution in [0.25, 0.3) is 0 Å². The highest BCUT2D eigenvalue weighted by molar-refractivity contribution is 7.91. The molecule has 1 aromatic heterocycles. The van der Waals surface area contributed by atoms with Crippen LogP contribution in [-0.4, -0.2) is 39.1 Å². The van der Waals surface area contributed by atoms with E-state index in [0.29, 0.717) is 24.7 Å². The van der Waals surface area contributed by atoms with Crippen LogP contribution in [0.1, 0.15) is 5.56 Å². The molecular weight excluding hydrogens is 437 g/mol. The second-order valence-electron chi connectivity index (χ2n) is 6.94. The monoisotopic (exact) mass is 457 g/mol. The molecule has 4 rings (SSSR count). The zero-order valence-corrected chi connectivity index (χ0v) is 17.7. The third-order valence-electron chi connectivity index (χ3n) is 4.71. The van der Waals surface area contributed by atoms with Crippen LogP contribution in [0.2, 0.25) is 0 Å². The molecule has 3 aromatic rings. The number of carbonyl (C=O) groups excluding carboxylic acids is 1. The Hall–Kier alpha value is -3.66. The maximum atomic E-state index is 14.0. The molecule has 2 N–H and O–H groups in total. The molecular formula is C22H20FN3O5S. The molecule has 10 heteroatoms. The summed E-state index contributed by atoms with van der Waals surface area (Å²) < 4.78 is 51.3. The Morgan fingerprint density at radius 2 is 1.88 bits per heavy atom. The average molecular weight is 457 g/mol. The average Bonchev–Trinajstić information content (AvgIpc) is 2.82. The summed E-state index contributed by atoms with van der Waals surface area (Å²) >= 11 is 0. The molecule has 0 spiro atoms. The molecule has 166 valence electrons. The standard InChI is InChI=1S/C22H20FN3O5S/c23-16-3-5-18(25-14-22(27)26-13-15-2-1-7-24-12-15)21(10-16)32(28,29)17-4-6-19-20(11-17)31-9-8-30-19/h1-7,10-12,25H,8-9,13-14H2,(H,26,27). The summed E-state index contributed by atoms with van der Waals surface area (Å²) in [6, 6.07) is 11.1. The van der Waals surface area contributed by atoms with Gasteiger partial charge in [0.25, 0.3) is 0 Å². The van der Waals surface area contributed by atoms with Gasteiger partial charge in [-0.25, -0.2) is 12.8 Å². The van der Waals surface area contributed by atoms with Crippen LogP contribution in [0.5, 0.6) is 11.5 Å². The molecule has 0 radical (unpaired) electrons. The van der Waals surface area contributed by atoms with Crippen molar-refractivity contribution in [2.45, 2.75) is 16.3 Å². The zero-order valence-electron chi connectivity index (χ0n) is 16.9. The Morgan fingerprint density at radius 3 is 2.66 bits per heavy atom. The maximum absolute atomic E-state index is 14.0. The van der Waals surface area contributed by atoms with Crippen molar-refractivity contribution < 1.29 is 27.1 Å². The van der Waals surface area contributed by atoms with E-state index in [-0.39, 0.29) is 34.5 Å². The van der Waals surface area contributed by atoms with Gasteiger partial charge < -0.3 is 20.1 Å². The number of hydrogen-bond donors (Lipinski definition) is 2. The predicted octanol–water partition coefficient (Wildman–Crippen LogP) is 2.55. The molecule has 0 atom stereocenters. The molecule has 0 unspecified atom stereocenters. The Morgan fingerprint density at radius 1 is 1.06 bits per heavy atom. The maximum Gasteiger partial charge on any atom is 0.239 e. The minimum atomic E-state index is -4.11. The number of rotatable bonds is 7. The van der Waals surface area contributed by atoms with Crippen LogP contribution in [-0.2, 0) is 21.2 Å². The topological polar surface area (TPSA) is 107 Å².